The summed E-state index contributed by atoms with van der Waals surface area (Å²) in [6, 6.07) is 6.76. The molecular formula is C13H15ClN4O2. The van der Waals surface area contributed by atoms with Gasteiger partial charge in [-0.15, -0.1) is 0 Å². The minimum atomic E-state index is 0.259. The van der Waals surface area contributed by atoms with E-state index in [1.54, 1.807) is 31.4 Å². The Hall–Kier alpha value is -2.34. The highest BCUT2D eigenvalue weighted by molar-refractivity contribution is 6.32. The molecule has 6 nitrogen and oxygen atoms in total. The molecule has 0 aliphatic heterocycles. The van der Waals surface area contributed by atoms with E-state index in [4.69, 9.17) is 32.5 Å². The molecule has 0 bridgehead atoms. The molecule has 1 aromatic heterocycles. The summed E-state index contributed by atoms with van der Waals surface area (Å²) in [6.07, 6.45) is 0. The molecule has 1 aromatic carbocycles. The van der Waals surface area contributed by atoms with Gasteiger partial charge in [-0.2, -0.15) is 0 Å². The Bertz CT molecular complexity index is 634. The second-order valence-electron chi connectivity index (χ2n) is 3.98. The van der Waals surface area contributed by atoms with Crippen molar-refractivity contribution in [2.75, 3.05) is 31.0 Å². The van der Waals surface area contributed by atoms with Gasteiger partial charge in [0, 0.05) is 12.1 Å². The van der Waals surface area contributed by atoms with Crippen molar-refractivity contribution >= 4 is 34.6 Å². The van der Waals surface area contributed by atoms with E-state index in [9.17, 15) is 0 Å². The maximum atomic E-state index is 6.04. The topological polar surface area (TPSA) is 95.4 Å². The van der Waals surface area contributed by atoms with E-state index >= 15 is 0 Å². The molecule has 0 aliphatic carbocycles. The van der Waals surface area contributed by atoms with Gasteiger partial charge in [0.2, 0.25) is 0 Å². The van der Waals surface area contributed by atoms with Crippen LogP contribution in [0.1, 0.15) is 0 Å². The average Bonchev–Trinajstić information content (AvgIpc) is 2.44. The minimum absolute atomic E-state index is 0.259. The molecule has 106 valence electrons. The van der Waals surface area contributed by atoms with Gasteiger partial charge in [-0.25, -0.2) is 4.98 Å². The second-order valence-corrected chi connectivity index (χ2v) is 4.39. The van der Waals surface area contributed by atoms with Crippen molar-refractivity contribution in [2.45, 2.75) is 0 Å². The van der Waals surface area contributed by atoms with E-state index in [1.807, 2.05) is 0 Å². The first-order valence-electron chi connectivity index (χ1n) is 5.75. The molecule has 0 spiro atoms. The van der Waals surface area contributed by atoms with Crippen molar-refractivity contribution in [3.8, 4) is 11.5 Å². The normalized spacial score (nSPS) is 10.2. The fourth-order valence-electron chi connectivity index (χ4n) is 1.65. The number of hydrogen-bond acceptors (Lipinski definition) is 6. The third kappa shape index (κ3) is 2.80. The Morgan fingerprint density at radius 1 is 1.10 bits per heavy atom. The average molecular weight is 295 g/mol. The Morgan fingerprint density at radius 2 is 1.80 bits per heavy atom. The molecule has 0 atom stereocenters. The number of ether oxygens (including phenoxy) is 2. The molecule has 20 heavy (non-hydrogen) atoms. The molecule has 0 aliphatic rings. The zero-order valence-electron chi connectivity index (χ0n) is 11.1. The van der Waals surface area contributed by atoms with Crippen LogP contribution in [0.25, 0.3) is 0 Å². The minimum Gasteiger partial charge on any atom is -0.495 e. The zero-order valence-corrected chi connectivity index (χ0v) is 11.9. The number of rotatable bonds is 4. The van der Waals surface area contributed by atoms with Gasteiger partial charge in [0.1, 0.15) is 23.1 Å². The molecule has 0 radical (unpaired) electrons. The Labute approximate surface area is 121 Å². The molecule has 1 heterocycles. The lowest BCUT2D eigenvalue weighted by molar-refractivity contribution is 0.405. The van der Waals surface area contributed by atoms with E-state index in [-0.39, 0.29) is 5.82 Å². The number of nitrogens with one attached hydrogen (secondary N) is 1. The van der Waals surface area contributed by atoms with Crippen molar-refractivity contribution in [1.29, 1.82) is 0 Å². The van der Waals surface area contributed by atoms with Gasteiger partial charge in [-0.3, -0.25) is 0 Å². The molecular weight excluding hydrogens is 280 g/mol. The quantitative estimate of drug-likeness (QED) is 0.802. The van der Waals surface area contributed by atoms with E-state index in [0.29, 0.717) is 33.7 Å². The number of nitrogen functional groups attached to an aromatic ring is 2. The Morgan fingerprint density at radius 3 is 2.40 bits per heavy atom. The monoisotopic (exact) mass is 294 g/mol. The summed E-state index contributed by atoms with van der Waals surface area (Å²) >= 11 is 6.04. The molecule has 0 saturated carbocycles. The highest BCUT2D eigenvalue weighted by Crippen LogP contribution is 2.37. The van der Waals surface area contributed by atoms with Gasteiger partial charge in [-0.05, 0) is 12.1 Å². The zero-order chi connectivity index (χ0) is 14.7. The number of anilines is 4. The SMILES string of the molecule is COc1cc(Nc2ccc(N)c(N)n2)c(OC)cc1Cl. The van der Waals surface area contributed by atoms with Crippen LogP contribution in [0.3, 0.4) is 0 Å². The number of nitrogens with zero attached hydrogens (tertiary/aromatic N) is 1. The van der Waals surface area contributed by atoms with Gasteiger partial charge >= 0.3 is 0 Å². The van der Waals surface area contributed by atoms with Gasteiger partial charge in [0.05, 0.1) is 30.6 Å². The highest BCUT2D eigenvalue weighted by Gasteiger charge is 2.11. The number of halogens is 1. The molecule has 2 rings (SSSR count). The first-order chi connectivity index (χ1) is 9.55. The number of benzene rings is 1. The molecule has 0 fully saturated rings. The van der Waals surface area contributed by atoms with Crippen molar-refractivity contribution in [3.63, 3.8) is 0 Å². The third-order valence-corrected chi connectivity index (χ3v) is 2.99. The van der Waals surface area contributed by atoms with Crippen LogP contribution in [0, 0.1) is 0 Å². The highest BCUT2D eigenvalue weighted by atomic mass is 35.5. The fourth-order valence-corrected chi connectivity index (χ4v) is 1.88. The van der Waals surface area contributed by atoms with E-state index in [1.165, 1.54) is 7.11 Å². The van der Waals surface area contributed by atoms with Gasteiger partial charge in [0.15, 0.2) is 0 Å². The van der Waals surface area contributed by atoms with Crippen LogP contribution in [0.15, 0.2) is 24.3 Å². The number of nitrogens with two attached hydrogens (primary N) is 2. The lowest BCUT2D eigenvalue weighted by atomic mass is 10.2. The summed E-state index contributed by atoms with van der Waals surface area (Å²) in [6.45, 7) is 0. The molecule has 5 N–H and O–H groups in total. The summed E-state index contributed by atoms with van der Waals surface area (Å²) in [4.78, 5) is 4.13. The summed E-state index contributed by atoms with van der Waals surface area (Å²) in [5.41, 5.74) is 12.4. The fraction of sp³-hybridized carbons (Fsp3) is 0.154. The molecule has 2 aromatic rings. The van der Waals surface area contributed by atoms with Crippen molar-refractivity contribution < 1.29 is 9.47 Å². The first-order valence-corrected chi connectivity index (χ1v) is 6.13. The van der Waals surface area contributed by atoms with Crippen LogP contribution < -0.4 is 26.3 Å². The lowest BCUT2D eigenvalue weighted by Gasteiger charge is -2.14. The summed E-state index contributed by atoms with van der Waals surface area (Å²) in [5.74, 6) is 1.89. The van der Waals surface area contributed by atoms with Crippen LogP contribution in [-0.4, -0.2) is 19.2 Å². The van der Waals surface area contributed by atoms with Crippen LogP contribution in [0.2, 0.25) is 5.02 Å². The number of pyridine rings is 1. The molecule has 0 saturated heterocycles. The number of aromatic nitrogens is 1. The van der Waals surface area contributed by atoms with Crippen molar-refractivity contribution in [2.24, 2.45) is 0 Å². The van der Waals surface area contributed by atoms with Crippen LogP contribution in [0.4, 0.5) is 23.0 Å². The summed E-state index contributed by atoms with van der Waals surface area (Å²) in [7, 11) is 3.09. The largest absolute Gasteiger partial charge is 0.495 e. The molecule has 7 heteroatoms. The summed E-state index contributed by atoms with van der Waals surface area (Å²) < 4.78 is 10.4. The molecule has 0 amide bonds. The standard InChI is InChI=1S/C13H15ClN4O2/c1-19-10-6-9(11(20-2)5-7(10)14)17-12-4-3-8(15)13(16)18-12/h3-6H,15H2,1-2H3,(H3,16,17,18). The number of hydrogen-bond donors (Lipinski definition) is 3. The van der Waals surface area contributed by atoms with Crippen LogP contribution in [-0.2, 0) is 0 Å². The summed E-state index contributed by atoms with van der Waals surface area (Å²) in [5, 5.41) is 3.54. The van der Waals surface area contributed by atoms with Gasteiger partial charge < -0.3 is 26.3 Å². The second kappa shape index (κ2) is 5.75. The molecule has 0 unspecified atom stereocenters. The van der Waals surface area contributed by atoms with Gasteiger partial charge in [0.25, 0.3) is 0 Å². The van der Waals surface area contributed by atoms with Crippen LogP contribution >= 0.6 is 11.6 Å². The van der Waals surface area contributed by atoms with Crippen molar-refractivity contribution in [3.05, 3.63) is 29.3 Å². The van der Waals surface area contributed by atoms with Crippen LogP contribution in [0.5, 0.6) is 11.5 Å². The maximum absolute atomic E-state index is 6.04. The third-order valence-electron chi connectivity index (χ3n) is 2.69. The predicted molar refractivity (Wildman–Crippen MR) is 80.9 cm³/mol. The van der Waals surface area contributed by atoms with E-state index < -0.39 is 0 Å². The Kier molecular flexibility index (Phi) is 4.05. The van der Waals surface area contributed by atoms with E-state index in [0.717, 1.165) is 0 Å². The van der Waals surface area contributed by atoms with E-state index in [2.05, 4.69) is 10.3 Å². The maximum Gasteiger partial charge on any atom is 0.149 e. The van der Waals surface area contributed by atoms with Gasteiger partial charge in [-0.1, -0.05) is 11.6 Å². The lowest BCUT2D eigenvalue weighted by Crippen LogP contribution is -2.02. The predicted octanol–water partition coefficient (Wildman–Crippen LogP) is 2.66. The smallest absolute Gasteiger partial charge is 0.149 e. The number of methoxy groups -OCH3 is 2. The Balaban J connectivity index is 2.38. The first kappa shape index (κ1) is 14.1. The van der Waals surface area contributed by atoms with Crippen molar-refractivity contribution in [1.82, 2.24) is 4.98 Å².